The van der Waals surface area contributed by atoms with E-state index in [9.17, 15) is 4.79 Å². The van der Waals surface area contributed by atoms with Gasteiger partial charge in [0.1, 0.15) is 5.70 Å². The van der Waals surface area contributed by atoms with Crippen molar-refractivity contribution in [3.05, 3.63) is 11.8 Å². The lowest BCUT2D eigenvalue weighted by Crippen LogP contribution is -2.21. The first kappa shape index (κ1) is 11.6. The first-order valence-electron chi connectivity index (χ1n) is 4.16. The van der Waals surface area contributed by atoms with E-state index < -0.39 is 0 Å². The van der Waals surface area contributed by atoms with Gasteiger partial charge in [-0.05, 0) is 20.1 Å². The van der Waals surface area contributed by atoms with Gasteiger partial charge in [-0.2, -0.15) is 5.10 Å². The van der Waals surface area contributed by atoms with Gasteiger partial charge < -0.3 is 0 Å². The molecule has 0 aromatic carbocycles. The van der Waals surface area contributed by atoms with Crippen LogP contribution in [0.25, 0.3) is 0 Å². The summed E-state index contributed by atoms with van der Waals surface area (Å²) in [4.78, 5) is 14.6. The molecule has 0 atom stereocenters. The fourth-order valence-corrected chi connectivity index (χ4v) is 0.924. The first-order chi connectivity index (χ1) is 6.21. The fourth-order valence-electron chi connectivity index (χ4n) is 0.924. The van der Waals surface area contributed by atoms with Gasteiger partial charge in [0.15, 0.2) is 0 Å². The first-order valence-corrected chi connectivity index (χ1v) is 4.16. The lowest BCUT2D eigenvalue weighted by Gasteiger charge is -2.16. The van der Waals surface area contributed by atoms with Crippen LogP contribution in [0.15, 0.2) is 21.9 Å². The van der Waals surface area contributed by atoms with E-state index in [4.69, 9.17) is 0 Å². The molecule has 1 amide bonds. The van der Waals surface area contributed by atoms with Gasteiger partial charge in [-0.15, -0.1) is 0 Å². The highest BCUT2D eigenvalue weighted by atomic mass is 16.1. The number of carbonyl (C=O) groups excluding carboxylic acids is 1. The minimum absolute atomic E-state index is 0.365. The average molecular weight is 181 g/mol. The van der Waals surface area contributed by atoms with Gasteiger partial charge in [-0.1, -0.05) is 13.0 Å². The summed E-state index contributed by atoms with van der Waals surface area (Å²) in [6.45, 7) is 11.0. The Labute approximate surface area is 78.7 Å². The molecule has 13 heavy (non-hydrogen) atoms. The van der Waals surface area contributed by atoms with E-state index in [1.807, 2.05) is 13.8 Å². The summed E-state index contributed by atoms with van der Waals surface area (Å²) in [5.41, 5.74) is 0.440. The molecular formula is C9H15N3O. The van der Waals surface area contributed by atoms with Crippen molar-refractivity contribution in [2.75, 3.05) is 6.54 Å². The van der Waals surface area contributed by atoms with Crippen LogP contribution in [0.5, 0.6) is 0 Å². The largest absolute Gasteiger partial charge is 0.294 e. The lowest BCUT2D eigenvalue weighted by molar-refractivity contribution is -0.115. The minimum Gasteiger partial charge on any atom is -0.265 e. The maximum Gasteiger partial charge on any atom is 0.294 e. The number of hydrogen-bond acceptors (Lipinski definition) is 3. The molecule has 0 saturated carbocycles. The Balaban J connectivity index is 4.78. The Morgan fingerprint density at radius 1 is 1.46 bits per heavy atom. The van der Waals surface area contributed by atoms with E-state index >= 15 is 0 Å². The molecule has 4 nitrogen and oxygen atoms in total. The molecule has 0 bridgehead atoms. The van der Waals surface area contributed by atoms with Gasteiger partial charge in [-0.3, -0.25) is 9.80 Å². The Hall–Kier alpha value is -1.45. The summed E-state index contributed by atoms with van der Waals surface area (Å²) in [6, 6.07) is 0. The average Bonchev–Trinajstić information content (AvgIpc) is 2.17. The van der Waals surface area contributed by atoms with Crippen LogP contribution in [0, 0.1) is 0 Å². The van der Waals surface area contributed by atoms with Crippen molar-refractivity contribution in [3.8, 4) is 0 Å². The molecule has 0 rings (SSSR count). The standard InChI is InChI=1S/C9H15N3O/c1-5-7-8(9(13)10-3)12(6-2)11-4/h7H,3-6H2,1-2H3/b8-7-. The second-order valence-electron chi connectivity index (χ2n) is 2.32. The van der Waals surface area contributed by atoms with Gasteiger partial charge in [0.2, 0.25) is 0 Å². The molecule has 0 fully saturated rings. The molecule has 0 aromatic heterocycles. The molecule has 72 valence electrons. The summed E-state index contributed by atoms with van der Waals surface area (Å²) in [7, 11) is 0. The number of rotatable bonds is 5. The molecular weight excluding hydrogens is 166 g/mol. The fraction of sp³-hybridized carbons (Fsp3) is 0.444. The third kappa shape index (κ3) is 3.19. The van der Waals surface area contributed by atoms with Crippen LogP contribution < -0.4 is 0 Å². The molecule has 0 aliphatic carbocycles. The van der Waals surface area contributed by atoms with Crippen LogP contribution in [-0.4, -0.2) is 30.9 Å². The van der Waals surface area contributed by atoms with E-state index in [0.29, 0.717) is 12.2 Å². The zero-order valence-electron chi connectivity index (χ0n) is 8.16. The van der Waals surface area contributed by atoms with Gasteiger partial charge in [-0.25, -0.2) is 4.99 Å². The van der Waals surface area contributed by atoms with Crippen LogP contribution in [0.2, 0.25) is 0 Å². The molecule has 0 aliphatic heterocycles. The van der Waals surface area contributed by atoms with E-state index in [2.05, 4.69) is 23.5 Å². The predicted molar refractivity (Wildman–Crippen MR) is 54.9 cm³/mol. The normalized spacial score (nSPS) is 10.8. The zero-order chi connectivity index (χ0) is 10.3. The Bertz CT molecular complexity index is 233. The molecule has 0 N–H and O–H groups in total. The summed E-state index contributed by atoms with van der Waals surface area (Å²) >= 11 is 0. The molecule has 0 aliphatic rings. The highest BCUT2D eigenvalue weighted by molar-refractivity contribution is 5.95. The highest BCUT2D eigenvalue weighted by Crippen LogP contribution is 2.07. The molecule has 0 spiro atoms. The zero-order valence-corrected chi connectivity index (χ0v) is 8.16. The summed E-state index contributed by atoms with van der Waals surface area (Å²) in [5, 5.41) is 5.20. The highest BCUT2D eigenvalue weighted by Gasteiger charge is 2.12. The number of hydrazone groups is 1. The topological polar surface area (TPSA) is 45.0 Å². The third-order valence-electron chi connectivity index (χ3n) is 1.51. The lowest BCUT2D eigenvalue weighted by atomic mass is 10.3. The van der Waals surface area contributed by atoms with E-state index in [0.717, 1.165) is 6.42 Å². The maximum atomic E-state index is 11.2. The Morgan fingerprint density at radius 3 is 2.38 bits per heavy atom. The van der Waals surface area contributed by atoms with Crippen molar-refractivity contribution >= 4 is 19.3 Å². The maximum absolute atomic E-state index is 11.2. The quantitative estimate of drug-likeness (QED) is 0.366. The Morgan fingerprint density at radius 2 is 2.08 bits per heavy atom. The van der Waals surface area contributed by atoms with Crippen LogP contribution in [0.4, 0.5) is 0 Å². The molecule has 4 heteroatoms. The monoisotopic (exact) mass is 181 g/mol. The van der Waals surface area contributed by atoms with Crippen molar-refractivity contribution in [2.24, 2.45) is 10.1 Å². The van der Waals surface area contributed by atoms with Gasteiger partial charge in [0.05, 0.1) is 0 Å². The number of nitrogens with zero attached hydrogens (tertiary/aromatic N) is 3. The van der Waals surface area contributed by atoms with E-state index in [1.54, 1.807) is 6.08 Å². The molecule has 0 radical (unpaired) electrons. The van der Waals surface area contributed by atoms with Crippen LogP contribution in [0.3, 0.4) is 0 Å². The van der Waals surface area contributed by atoms with Crippen LogP contribution >= 0.6 is 0 Å². The van der Waals surface area contributed by atoms with Crippen LogP contribution in [0.1, 0.15) is 20.3 Å². The van der Waals surface area contributed by atoms with Crippen molar-refractivity contribution < 1.29 is 4.79 Å². The SMILES string of the molecule is C=NC(=O)/C(=C/CC)N(CC)N=C. The second kappa shape index (κ2) is 6.11. The number of carbonyl (C=O) groups is 1. The molecule has 0 saturated heterocycles. The van der Waals surface area contributed by atoms with Crippen molar-refractivity contribution in [1.29, 1.82) is 0 Å². The van der Waals surface area contributed by atoms with E-state index in [-0.39, 0.29) is 5.91 Å². The second-order valence-corrected chi connectivity index (χ2v) is 2.32. The summed E-state index contributed by atoms with van der Waals surface area (Å²) in [5.74, 6) is -0.365. The molecule has 0 heterocycles. The minimum atomic E-state index is -0.365. The predicted octanol–water partition coefficient (Wildman–Crippen LogP) is 1.45. The number of hydrogen-bond donors (Lipinski definition) is 0. The number of allylic oxidation sites excluding steroid dienone is 1. The van der Waals surface area contributed by atoms with Crippen molar-refractivity contribution in [3.63, 3.8) is 0 Å². The Kier molecular flexibility index (Phi) is 5.43. The van der Waals surface area contributed by atoms with Gasteiger partial charge in [0, 0.05) is 13.3 Å². The summed E-state index contributed by atoms with van der Waals surface area (Å²) < 4.78 is 0. The molecule has 0 unspecified atom stereocenters. The smallest absolute Gasteiger partial charge is 0.265 e. The van der Waals surface area contributed by atoms with Gasteiger partial charge in [0.25, 0.3) is 5.91 Å². The van der Waals surface area contributed by atoms with Crippen molar-refractivity contribution in [1.82, 2.24) is 5.01 Å². The van der Waals surface area contributed by atoms with Gasteiger partial charge >= 0.3 is 0 Å². The summed E-state index contributed by atoms with van der Waals surface area (Å²) in [6.07, 6.45) is 2.51. The number of amides is 1. The molecule has 0 aromatic rings. The number of aliphatic imine (C=N–C) groups is 1. The van der Waals surface area contributed by atoms with Crippen molar-refractivity contribution in [2.45, 2.75) is 20.3 Å². The van der Waals surface area contributed by atoms with E-state index in [1.165, 1.54) is 5.01 Å². The van der Waals surface area contributed by atoms with Crippen LogP contribution in [-0.2, 0) is 4.79 Å². The third-order valence-corrected chi connectivity index (χ3v) is 1.51. The number of likely N-dealkylation sites (N-methyl/N-ethyl adjacent to an activating group) is 1.